The van der Waals surface area contributed by atoms with Crippen molar-refractivity contribution in [2.45, 2.75) is 13.5 Å². The van der Waals surface area contributed by atoms with Crippen LogP contribution in [-0.4, -0.2) is 17.8 Å². The molecular formula is C15H15BrN2O. The van der Waals surface area contributed by atoms with E-state index in [1.807, 2.05) is 36.2 Å². The molecule has 4 heteroatoms. The molecular weight excluding hydrogens is 304 g/mol. The van der Waals surface area contributed by atoms with Gasteiger partial charge in [-0.2, -0.15) is 0 Å². The molecule has 0 aliphatic carbocycles. The smallest absolute Gasteiger partial charge is 0.159 e. The van der Waals surface area contributed by atoms with Crippen molar-refractivity contribution in [1.82, 2.24) is 4.98 Å². The Labute approximate surface area is 121 Å². The van der Waals surface area contributed by atoms with Gasteiger partial charge in [0.1, 0.15) is 5.82 Å². The van der Waals surface area contributed by atoms with Gasteiger partial charge in [0, 0.05) is 29.8 Å². The van der Waals surface area contributed by atoms with Gasteiger partial charge < -0.3 is 4.90 Å². The number of anilines is 1. The van der Waals surface area contributed by atoms with E-state index in [1.54, 1.807) is 19.2 Å². The fourth-order valence-corrected chi connectivity index (χ4v) is 2.22. The minimum atomic E-state index is 0.0536. The Morgan fingerprint density at radius 1 is 1.32 bits per heavy atom. The zero-order chi connectivity index (χ0) is 13.8. The molecule has 0 fully saturated rings. The highest BCUT2D eigenvalue weighted by Crippen LogP contribution is 2.20. The van der Waals surface area contributed by atoms with E-state index >= 15 is 0 Å². The van der Waals surface area contributed by atoms with Crippen molar-refractivity contribution in [3.63, 3.8) is 0 Å². The molecule has 2 aromatic rings. The summed E-state index contributed by atoms with van der Waals surface area (Å²) in [7, 11) is 1.96. The van der Waals surface area contributed by atoms with Gasteiger partial charge in [-0.15, -0.1) is 0 Å². The minimum absolute atomic E-state index is 0.0536. The van der Waals surface area contributed by atoms with Gasteiger partial charge in [0.25, 0.3) is 0 Å². The molecule has 1 aromatic carbocycles. The molecule has 0 atom stereocenters. The second kappa shape index (κ2) is 5.97. The Morgan fingerprint density at radius 3 is 2.74 bits per heavy atom. The van der Waals surface area contributed by atoms with Crippen molar-refractivity contribution in [1.29, 1.82) is 0 Å². The lowest BCUT2D eigenvalue weighted by molar-refractivity contribution is 0.101. The van der Waals surface area contributed by atoms with Crippen LogP contribution in [-0.2, 0) is 6.54 Å². The number of aromatic nitrogens is 1. The first-order valence-corrected chi connectivity index (χ1v) is 6.79. The van der Waals surface area contributed by atoms with Crippen LogP contribution in [0.1, 0.15) is 22.8 Å². The number of pyridine rings is 1. The standard InChI is InChI=1S/C15H15BrN2O/c1-11(19)12-7-8-17-15(9-12)18(2)10-13-5-3-4-6-14(13)16/h3-9H,10H2,1-2H3. The highest BCUT2D eigenvalue weighted by Gasteiger charge is 2.08. The van der Waals surface area contributed by atoms with Gasteiger partial charge in [-0.25, -0.2) is 4.98 Å². The monoisotopic (exact) mass is 318 g/mol. The molecule has 0 aliphatic heterocycles. The van der Waals surface area contributed by atoms with Gasteiger partial charge in [-0.1, -0.05) is 34.1 Å². The lowest BCUT2D eigenvalue weighted by atomic mass is 10.2. The zero-order valence-electron chi connectivity index (χ0n) is 10.9. The Morgan fingerprint density at radius 2 is 2.05 bits per heavy atom. The predicted molar refractivity (Wildman–Crippen MR) is 80.5 cm³/mol. The number of nitrogens with zero attached hydrogens (tertiary/aromatic N) is 2. The third-order valence-corrected chi connectivity index (χ3v) is 3.68. The molecule has 0 amide bonds. The Bertz CT molecular complexity index is 598. The van der Waals surface area contributed by atoms with Crippen LogP contribution in [0.15, 0.2) is 47.1 Å². The lowest BCUT2D eigenvalue weighted by Gasteiger charge is -2.19. The number of carbonyl (C=O) groups excluding carboxylic acids is 1. The van der Waals surface area contributed by atoms with Crippen LogP contribution < -0.4 is 4.90 Å². The van der Waals surface area contributed by atoms with E-state index in [2.05, 4.69) is 27.0 Å². The highest BCUT2D eigenvalue weighted by atomic mass is 79.9. The fourth-order valence-electron chi connectivity index (χ4n) is 1.81. The molecule has 0 bridgehead atoms. The van der Waals surface area contributed by atoms with Gasteiger partial charge in [-0.05, 0) is 30.7 Å². The molecule has 98 valence electrons. The van der Waals surface area contributed by atoms with E-state index in [1.165, 1.54) is 5.56 Å². The molecule has 1 aromatic heterocycles. The average Bonchev–Trinajstić information content (AvgIpc) is 2.41. The molecule has 3 nitrogen and oxygen atoms in total. The Hall–Kier alpha value is -1.68. The van der Waals surface area contributed by atoms with Crippen molar-refractivity contribution in [3.05, 3.63) is 58.2 Å². The number of Topliss-reactive ketones (excluding diaryl/α,β-unsaturated/α-hetero) is 1. The first-order valence-electron chi connectivity index (χ1n) is 5.99. The molecule has 19 heavy (non-hydrogen) atoms. The molecule has 0 radical (unpaired) electrons. The maximum atomic E-state index is 11.4. The lowest BCUT2D eigenvalue weighted by Crippen LogP contribution is -2.18. The van der Waals surface area contributed by atoms with Crippen LogP contribution >= 0.6 is 15.9 Å². The average molecular weight is 319 g/mol. The topological polar surface area (TPSA) is 33.2 Å². The number of rotatable bonds is 4. The van der Waals surface area contributed by atoms with Crippen molar-refractivity contribution in [2.24, 2.45) is 0 Å². The zero-order valence-corrected chi connectivity index (χ0v) is 12.5. The summed E-state index contributed by atoms with van der Waals surface area (Å²) in [5.41, 5.74) is 1.86. The number of ketones is 1. The van der Waals surface area contributed by atoms with Gasteiger partial charge >= 0.3 is 0 Å². The minimum Gasteiger partial charge on any atom is -0.355 e. The van der Waals surface area contributed by atoms with Gasteiger partial charge in [-0.3, -0.25) is 4.79 Å². The summed E-state index contributed by atoms with van der Waals surface area (Å²) < 4.78 is 1.07. The van der Waals surface area contributed by atoms with E-state index in [-0.39, 0.29) is 5.78 Å². The van der Waals surface area contributed by atoms with Crippen LogP contribution in [0, 0.1) is 0 Å². The quantitative estimate of drug-likeness (QED) is 0.806. The third-order valence-electron chi connectivity index (χ3n) is 2.91. The molecule has 0 aliphatic rings. The van der Waals surface area contributed by atoms with Crippen LogP contribution in [0.2, 0.25) is 0 Å². The van der Waals surface area contributed by atoms with E-state index in [9.17, 15) is 4.79 Å². The maximum absolute atomic E-state index is 11.4. The molecule has 0 saturated heterocycles. The molecule has 0 N–H and O–H groups in total. The van der Waals surface area contributed by atoms with Crippen LogP contribution in [0.4, 0.5) is 5.82 Å². The number of halogens is 1. The Balaban J connectivity index is 2.20. The first-order chi connectivity index (χ1) is 9.08. The van der Waals surface area contributed by atoms with E-state index in [0.717, 1.165) is 16.8 Å². The van der Waals surface area contributed by atoms with Crippen molar-refractivity contribution in [2.75, 3.05) is 11.9 Å². The van der Waals surface area contributed by atoms with Crippen molar-refractivity contribution < 1.29 is 4.79 Å². The Kier molecular flexibility index (Phi) is 4.32. The molecule has 0 spiro atoms. The summed E-state index contributed by atoms with van der Waals surface area (Å²) in [4.78, 5) is 17.7. The summed E-state index contributed by atoms with van der Waals surface area (Å²) in [5, 5.41) is 0. The SMILES string of the molecule is CC(=O)c1ccnc(N(C)Cc2ccccc2Br)c1. The molecule has 0 unspecified atom stereocenters. The number of benzene rings is 1. The fraction of sp³-hybridized carbons (Fsp3) is 0.200. The number of hydrogen-bond acceptors (Lipinski definition) is 3. The van der Waals surface area contributed by atoms with Gasteiger partial charge in [0.05, 0.1) is 0 Å². The van der Waals surface area contributed by atoms with Crippen molar-refractivity contribution >= 4 is 27.5 Å². The van der Waals surface area contributed by atoms with Gasteiger partial charge in [0.2, 0.25) is 0 Å². The maximum Gasteiger partial charge on any atom is 0.159 e. The summed E-state index contributed by atoms with van der Waals surface area (Å²) in [6.07, 6.45) is 1.67. The second-order valence-corrected chi connectivity index (χ2v) is 5.26. The van der Waals surface area contributed by atoms with E-state index < -0.39 is 0 Å². The normalized spacial score (nSPS) is 10.3. The van der Waals surface area contributed by atoms with Crippen LogP contribution in [0.3, 0.4) is 0 Å². The second-order valence-electron chi connectivity index (χ2n) is 4.41. The van der Waals surface area contributed by atoms with Gasteiger partial charge in [0.15, 0.2) is 5.78 Å². The van der Waals surface area contributed by atoms with Crippen LogP contribution in [0.5, 0.6) is 0 Å². The summed E-state index contributed by atoms with van der Waals surface area (Å²) in [5.74, 6) is 0.849. The summed E-state index contributed by atoms with van der Waals surface area (Å²) in [6.45, 7) is 2.29. The van der Waals surface area contributed by atoms with E-state index in [4.69, 9.17) is 0 Å². The summed E-state index contributed by atoms with van der Waals surface area (Å²) in [6, 6.07) is 11.6. The largest absolute Gasteiger partial charge is 0.355 e. The number of hydrogen-bond donors (Lipinski definition) is 0. The molecule has 0 saturated carbocycles. The predicted octanol–water partition coefficient (Wildman–Crippen LogP) is 3.68. The third kappa shape index (κ3) is 3.41. The van der Waals surface area contributed by atoms with Crippen molar-refractivity contribution in [3.8, 4) is 0 Å². The molecule has 1 heterocycles. The first kappa shape index (κ1) is 13.7. The number of carbonyl (C=O) groups is 1. The van der Waals surface area contributed by atoms with E-state index in [0.29, 0.717) is 5.56 Å². The highest BCUT2D eigenvalue weighted by molar-refractivity contribution is 9.10. The molecule has 2 rings (SSSR count). The van der Waals surface area contributed by atoms with Crippen LogP contribution in [0.25, 0.3) is 0 Å². The summed E-state index contributed by atoms with van der Waals surface area (Å²) >= 11 is 3.53.